The maximum absolute atomic E-state index is 13.4. The Bertz CT molecular complexity index is 695. The maximum Gasteiger partial charge on any atom is 0.211 e. The van der Waals surface area contributed by atoms with Crippen LogP contribution in [0, 0.1) is 11.6 Å². The van der Waals surface area contributed by atoms with Crippen LogP contribution >= 0.6 is 0 Å². The molecule has 0 fully saturated rings. The van der Waals surface area contributed by atoms with Crippen molar-refractivity contribution in [1.82, 2.24) is 0 Å². The zero-order valence-electron chi connectivity index (χ0n) is 11.5. The van der Waals surface area contributed by atoms with Gasteiger partial charge in [0, 0.05) is 0 Å². The lowest BCUT2D eigenvalue weighted by molar-refractivity contribution is 0.284. The fraction of sp³-hybridized carbons (Fsp3) is 0.0667. The molecule has 0 saturated heterocycles. The number of nitrogens with zero attached hydrogens (tertiary/aromatic N) is 2. The van der Waals surface area contributed by atoms with E-state index in [9.17, 15) is 8.78 Å². The summed E-state index contributed by atoms with van der Waals surface area (Å²) in [6, 6.07) is 10.9. The highest BCUT2D eigenvalue weighted by molar-refractivity contribution is 5.81. The third kappa shape index (κ3) is 4.27. The van der Waals surface area contributed by atoms with Gasteiger partial charge in [-0.05, 0) is 23.3 Å². The first kappa shape index (κ1) is 15.4. The lowest BCUT2D eigenvalue weighted by Gasteiger charge is -2.07. The molecule has 0 bridgehead atoms. The van der Waals surface area contributed by atoms with Gasteiger partial charge in [0.1, 0.15) is 6.61 Å². The van der Waals surface area contributed by atoms with Gasteiger partial charge in [0.05, 0.1) is 6.21 Å². The van der Waals surface area contributed by atoms with Crippen molar-refractivity contribution in [1.29, 1.82) is 0 Å². The average Bonchev–Trinajstić information content (AvgIpc) is 2.50. The van der Waals surface area contributed by atoms with E-state index in [1.807, 2.05) is 0 Å². The monoisotopic (exact) mass is 304 g/mol. The van der Waals surface area contributed by atoms with Crippen LogP contribution in [-0.2, 0) is 6.61 Å². The molecule has 2 aromatic carbocycles. The first-order valence-electron chi connectivity index (χ1n) is 6.34. The third-order valence-electron chi connectivity index (χ3n) is 2.67. The summed E-state index contributed by atoms with van der Waals surface area (Å²) in [6.45, 7) is 0.117. The van der Waals surface area contributed by atoms with E-state index in [-0.39, 0.29) is 18.3 Å². The SMILES string of the molecule is NC(N)=NN=Cc1ccc(COc2cccc(F)c2F)cc1. The first-order valence-corrected chi connectivity index (χ1v) is 6.34. The van der Waals surface area contributed by atoms with Gasteiger partial charge in [-0.3, -0.25) is 0 Å². The van der Waals surface area contributed by atoms with E-state index < -0.39 is 11.6 Å². The number of hydrogen-bond acceptors (Lipinski definition) is 3. The number of ether oxygens (including phenoxy) is 1. The first-order chi connectivity index (χ1) is 10.6. The maximum atomic E-state index is 13.4. The van der Waals surface area contributed by atoms with Crippen molar-refractivity contribution < 1.29 is 13.5 Å². The predicted octanol–water partition coefficient (Wildman–Crippen LogP) is 2.15. The Morgan fingerprint density at radius 3 is 2.50 bits per heavy atom. The largest absolute Gasteiger partial charge is 0.486 e. The Morgan fingerprint density at radius 1 is 1.09 bits per heavy atom. The number of rotatable bonds is 5. The van der Waals surface area contributed by atoms with Gasteiger partial charge in [0.2, 0.25) is 11.8 Å². The molecular weight excluding hydrogens is 290 g/mol. The van der Waals surface area contributed by atoms with Crippen LogP contribution in [-0.4, -0.2) is 12.2 Å². The molecule has 4 N–H and O–H groups in total. The van der Waals surface area contributed by atoms with Crippen LogP contribution < -0.4 is 16.2 Å². The molecule has 0 radical (unpaired) electrons. The molecule has 0 unspecified atom stereocenters. The molecule has 0 amide bonds. The molecule has 114 valence electrons. The summed E-state index contributed by atoms with van der Waals surface area (Å²) in [6.07, 6.45) is 1.48. The predicted molar refractivity (Wildman–Crippen MR) is 80.5 cm³/mol. The van der Waals surface area contributed by atoms with E-state index in [0.717, 1.165) is 17.2 Å². The summed E-state index contributed by atoms with van der Waals surface area (Å²) in [7, 11) is 0. The summed E-state index contributed by atoms with van der Waals surface area (Å²) in [5.41, 5.74) is 11.9. The molecule has 7 heteroatoms. The molecule has 5 nitrogen and oxygen atoms in total. The van der Waals surface area contributed by atoms with E-state index >= 15 is 0 Å². The zero-order valence-corrected chi connectivity index (χ0v) is 11.5. The van der Waals surface area contributed by atoms with Crippen molar-refractivity contribution >= 4 is 12.2 Å². The summed E-state index contributed by atoms with van der Waals surface area (Å²) in [5.74, 6) is -2.19. The van der Waals surface area contributed by atoms with Gasteiger partial charge in [0.25, 0.3) is 0 Å². The highest BCUT2D eigenvalue weighted by atomic mass is 19.2. The Balaban J connectivity index is 1.98. The summed E-state index contributed by atoms with van der Waals surface area (Å²) in [5, 5.41) is 7.15. The second kappa shape index (κ2) is 7.16. The van der Waals surface area contributed by atoms with Crippen molar-refractivity contribution in [3.05, 3.63) is 65.2 Å². The van der Waals surface area contributed by atoms with Crippen molar-refractivity contribution in [2.75, 3.05) is 0 Å². The molecule has 22 heavy (non-hydrogen) atoms. The lowest BCUT2D eigenvalue weighted by atomic mass is 10.1. The molecule has 0 aliphatic heterocycles. The average molecular weight is 304 g/mol. The van der Waals surface area contributed by atoms with Gasteiger partial charge in [0.15, 0.2) is 11.6 Å². The summed E-state index contributed by atoms with van der Waals surface area (Å²) < 4.78 is 31.7. The van der Waals surface area contributed by atoms with Crippen molar-refractivity contribution in [2.24, 2.45) is 21.7 Å². The molecule has 0 atom stereocenters. The third-order valence-corrected chi connectivity index (χ3v) is 2.67. The molecule has 0 spiro atoms. The molecule has 0 saturated carbocycles. The number of benzene rings is 2. The quantitative estimate of drug-likeness (QED) is 0.504. The van der Waals surface area contributed by atoms with Crippen LogP contribution in [0.5, 0.6) is 5.75 Å². The number of hydrogen-bond donors (Lipinski definition) is 2. The zero-order chi connectivity index (χ0) is 15.9. The minimum Gasteiger partial charge on any atom is -0.486 e. The lowest BCUT2D eigenvalue weighted by Crippen LogP contribution is -2.21. The van der Waals surface area contributed by atoms with Crippen LogP contribution in [0.3, 0.4) is 0 Å². The Labute approximate surface area is 125 Å². The second-order valence-corrected chi connectivity index (χ2v) is 4.35. The van der Waals surface area contributed by atoms with E-state index in [1.54, 1.807) is 24.3 Å². The van der Waals surface area contributed by atoms with Crippen molar-refractivity contribution in [2.45, 2.75) is 6.61 Å². The topological polar surface area (TPSA) is 86.0 Å². The van der Waals surface area contributed by atoms with Crippen LogP contribution in [0.2, 0.25) is 0 Å². The van der Waals surface area contributed by atoms with Gasteiger partial charge < -0.3 is 16.2 Å². The Kier molecular flexibility index (Phi) is 5.02. The van der Waals surface area contributed by atoms with E-state index in [1.165, 1.54) is 18.3 Å². The van der Waals surface area contributed by atoms with Gasteiger partial charge in [-0.1, -0.05) is 30.3 Å². The molecule has 2 aromatic rings. The fourth-order valence-electron chi connectivity index (χ4n) is 1.62. The van der Waals surface area contributed by atoms with Crippen LogP contribution in [0.4, 0.5) is 8.78 Å². The van der Waals surface area contributed by atoms with Crippen LogP contribution in [0.15, 0.2) is 52.7 Å². The fourth-order valence-corrected chi connectivity index (χ4v) is 1.62. The smallest absolute Gasteiger partial charge is 0.211 e. The summed E-state index contributed by atoms with van der Waals surface area (Å²) in [4.78, 5) is 0. The van der Waals surface area contributed by atoms with Gasteiger partial charge in [-0.2, -0.15) is 9.49 Å². The van der Waals surface area contributed by atoms with Crippen LogP contribution in [0.25, 0.3) is 0 Å². The Morgan fingerprint density at radius 2 is 1.82 bits per heavy atom. The highest BCUT2D eigenvalue weighted by Gasteiger charge is 2.08. The minimum atomic E-state index is -0.997. The summed E-state index contributed by atoms with van der Waals surface area (Å²) >= 11 is 0. The molecular formula is C15H14F2N4O. The van der Waals surface area contributed by atoms with Gasteiger partial charge in [-0.25, -0.2) is 4.39 Å². The van der Waals surface area contributed by atoms with Gasteiger partial charge >= 0.3 is 0 Å². The number of guanidine groups is 1. The normalized spacial score (nSPS) is 10.6. The minimum absolute atomic E-state index is 0.117. The molecule has 0 aliphatic rings. The van der Waals surface area contributed by atoms with Gasteiger partial charge in [-0.15, -0.1) is 5.10 Å². The van der Waals surface area contributed by atoms with Crippen molar-refractivity contribution in [3.8, 4) is 5.75 Å². The van der Waals surface area contributed by atoms with E-state index in [0.29, 0.717) is 0 Å². The highest BCUT2D eigenvalue weighted by Crippen LogP contribution is 2.20. The second-order valence-electron chi connectivity index (χ2n) is 4.35. The molecule has 0 aliphatic carbocycles. The van der Waals surface area contributed by atoms with E-state index in [2.05, 4.69) is 10.2 Å². The molecule has 0 heterocycles. The van der Waals surface area contributed by atoms with Crippen LogP contribution in [0.1, 0.15) is 11.1 Å². The number of halogens is 2. The van der Waals surface area contributed by atoms with E-state index in [4.69, 9.17) is 16.2 Å². The standard InChI is InChI=1S/C15H14F2N4O/c16-12-2-1-3-13(14(12)17)22-9-11-6-4-10(5-7-11)8-20-21-15(18)19/h1-8H,9H2,(H4,18,19,21). The Hall–Kier alpha value is -2.96. The van der Waals surface area contributed by atoms with Crippen molar-refractivity contribution in [3.63, 3.8) is 0 Å². The molecule has 2 rings (SSSR count). The number of nitrogens with two attached hydrogens (primary N) is 2. The molecule has 0 aromatic heterocycles.